The van der Waals surface area contributed by atoms with Crippen LogP contribution in [0.5, 0.6) is 0 Å². The van der Waals surface area contributed by atoms with Crippen molar-refractivity contribution in [3.8, 4) is 0 Å². The number of rotatable bonds is 8. The van der Waals surface area contributed by atoms with Gasteiger partial charge in [-0.1, -0.05) is 16.8 Å². The minimum atomic E-state index is -0.288. The molecule has 0 spiro atoms. The van der Waals surface area contributed by atoms with Gasteiger partial charge in [-0.25, -0.2) is 0 Å². The van der Waals surface area contributed by atoms with Crippen molar-refractivity contribution in [3.05, 3.63) is 34.5 Å². The lowest BCUT2D eigenvalue weighted by Crippen LogP contribution is -2.11. The van der Waals surface area contributed by atoms with Gasteiger partial charge in [0.2, 0.25) is 0 Å². The van der Waals surface area contributed by atoms with E-state index in [4.69, 9.17) is 21.2 Å². The maximum absolute atomic E-state index is 11.6. The van der Waals surface area contributed by atoms with E-state index in [1.807, 2.05) is 12.1 Å². The van der Waals surface area contributed by atoms with E-state index in [1.54, 1.807) is 13.0 Å². The van der Waals surface area contributed by atoms with Gasteiger partial charge in [0.25, 0.3) is 0 Å². The second-order valence-corrected chi connectivity index (χ2v) is 5.60. The molecule has 6 nitrogen and oxygen atoms in total. The highest BCUT2D eigenvalue weighted by Crippen LogP contribution is 2.27. The van der Waals surface area contributed by atoms with Crippen molar-refractivity contribution in [2.45, 2.75) is 26.2 Å². The lowest BCUT2D eigenvalue weighted by molar-refractivity contribution is -0.142. The lowest BCUT2D eigenvalue weighted by atomic mass is 10.0. The molecule has 0 bridgehead atoms. The highest BCUT2D eigenvalue weighted by molar-refractivity contribution is 6.31. The highest BCUT2D eigenvalue weighted by atomic mass is 35.5. The second kappa shape index (κ2) is 8.70. The number of esters is 1. The van der Waals surface area contributed by atoms with Crippen molar-refractivity contribution < 1.29 is 19.5 Å². The second-order valence-electron chi connectivity index (χ2n) is 5.17. The van der Waals surface area contributed by atoms with Crippen LogP contribution in [0.25, 0.3) is 10.9 Å². The first-order valence-corrected chi connectivity index (χ1v) is 8.15. The van der Waals surface area contributed by atoms with Crippen LogP contribution in [0.15, 0.2) is 23.4 Å². The fourth-order valence-corrected chi connectivity index (χ4v) is 2.79. The number of nitrogens with zero attached hydrogens (tertiary/aromatic N) is 1. The van der Waals surface area contributed by atoms with Crippen molar-refractivity contribution >= 4 is 34.2 Å². The summed E-state index contributed by atoms with van der Waals surface area (Å²) in [6.07, 6.45) is 1.01. The molecule has 0 aliphatic heterocycles. The number of fused-ring (bicyclic) bond motifs is 1. The number of H-pyrrole nitrogens is 1. The van der Waals surface area contributed by atoms with Gasteiger partial charge < -0.3 is 19.7 Å². The molecule has 0 fully saturated rings. The number of carbonyl (C=O) groups is 1. The van der Waals surface area contributed by atoms with E-state index in [0.29, 0.717) is 30.2 Å². The zero-order chi connectivity index (χ0) is 17.5. The Morgan fingerprint density at radius 3 is 2.83 bits per heavy atom. The summed E-state index contributed by atoms with van der Waals surface area (Å²) in [5.41, 5.74) is 3.13. The molecule has 0 radical (unpaired) electrons. The van der Waals surface area contributed by atoms with Crippen LogP contribution in [0.1, 0.15) is 31.0 Å². The number of oxime groups is 1. The molecule has 0 aliphatic rings. The summed E-state index contributed by atoms with van der Waals surface area (Å²) in [4.78, 5) is 19.8. The van der Waals surface area contributed by atoms with Crippen LogP contribution in [-0.2, 0) is 20.8 Å². The predicted molar refractivity (Wildman–Crippen MR) is 93.5 cm³/mol. The first-order chi connectivity index (χ1) is 11.6. The van der Waals surface area contributed by atoms with Crippen molar-refractivity contribution in [1.29, 1.82) is 0 Å². The highest BCUT2D eigenvalue weighted by Gasteiger charge is 2.18. The number of aliphatic hydroxyl groups is 1. The summed E-state index contributed by atoms with van der Waals surface area (Å²) >= 11 is 6.09. The molecule has 0 saturated carbocycles. The van der Waals surface area contributed by atoms with E-state index in [0.717, 1.165) is 22.2 Å². The number of halogens is 1. The molecule has 130 valence electrons. The van der Waals surface area contributed by atoms with Crippen molar-refractivity contribution in [3.63, 3.8) is 0 Å². The fraction of sp³-hybridized carbons (Fsp3) is 0.412. The van der Waals surface area contributed by atoms with Crippen molar-refractivity contribution in [2.75, 3.05) is 20.3 Å². The third-order valence-electron chi connectivity index (χ3n) is 3.59. The van der Waals surface area contributed by atoms with E-state index in [-0.39, 0.29) is 19.0 Å². The third-order valence-corrected chi connectivity index (χ3v) is 3.83. The van der Waals surface area contributed by atoms with Gasteiger partial charge in [0, 0.05) is 29.0 Å². The maximum Gasteiger partial charge on any atom is 0.306 e. The molecule has 2 aromatic rings. The van der Waals surface area contributed by atoms with Gasteiger partial charge in [-0.2, -0.15) is 0 Å². The van der Waals surface area contributed by atoms with E-state index in [9.17, 15) is 9.90 Å². The molecule has 2 rings (SSSR count). The SMILES string of the molecule is CCOC(=O)CC/C(=N/OC)c1[nH]c2ccc(Cl)cc2c1CCO. The Bertz CT molecular complexity index is 740. The Hall–Kier alpha value is -2.05. The molecular weight excluding hydrogens is 332 g/mol. The lowest BCUT2D eigenvalue weighted by Gasteiger charge is -2.07. The average molecular weight is 353 g/mol. The quantitative estimate of drug-likeness (QED) is 0.434. The zero-order valence-electron chi connectivity index (χ0n) is 13.8. The Morgan fingerprint density at radius 1 is 1.38 bits per heavy atom. The molecule has 0 amide bonds. The van der Waals surface area contributed by atoms with Gasteiger partial charge in [-0.3, -0.25) is 4.79 Å². The normalized spacial score (nSPS) is 11.8. The predicted octanol–water partition coefficient (Wildman–Crippen LogP) is 3.05. The summed E-state index contributed by atoms with van der Waals surface area (Å²) < 4.78 is 4.96. The number of aliphatic hydroxyl groups excluding tert-OH is 1. The van der Waals surface area contributed by atoms with E-state index in [2.05, 4.69) is 10.1 Å². The molecule has 1 heterocycles. The molecule has 0 saturated heterocycles. The number of aromatic nitrogens is 1. The molecular formula is C17H21ClN2O4. The van der Waals surface area contributed by atoms with Crippen LogP contribution in [0.4, 0.5) is 0 Å². The van der Waals surface area contributed by atoms with E-state index >= 15 is 0 Å². The minimum Gasteiger partial charge on any atom is -0.466 e. The molecule has 0 aliphatic carbocycles. The maximum atomic E-state index is 11.6. The van der Waals surface area contributed by atoms with Crippen LogP contribution in [0.3, 0.4) is 0 Å². The summed E-state index contributed by atoms with van der Waals surface area (Å²) in [6.45, 7) is 2.10. The monoisotopic (exact) mass is 352 g/mol. The Morgan fingerprint density at radius 2 is 2.17 bits per heavy atom. The number of carbonyl (C=O) groups excluding carboxylic acids is 1. The number of nitrogens with one attached hydrogen (secondary N) is 1. The first-order valence-electron chi connectivity index (χ1n) is 7.77. The molecule has 1 aromatic carbocycles. The Balaban J connectivity index is 2.40. The standard InChI is InChI=1S/C17H21ClN2O4/c1-3-24-16(22)7-6-15(20-23-2)17-12(8-9-21)13-10-11(18)4-5-14(13)19-17/h4-5,10,19,21H,3,6-9H2,1-2H3/b20-15-. The molecule has 7 heteroatoms. The number of hydrogen-bond acceptors (Lipinski definition) is 5. The largest absolute Gasteiger partial charge is 0.466 e. The van der Waals surface area contributed by atoms with Crippen LogP contribution in [-0.4, -0.2) is 42.1 Å². The number of ether oxygens (including phenoxy) is 1. The van der Waals surface area contributed by atoms with Crippen molar-refractivity contribution in [1.82, 2.24) is 4.98 Å². The van der Waals surface area contributed by atoms with E-state index < -0.39 is 0 Å². The third kappa shape index (κ3) is 4.27. The molecule has 24 heavy (non-hydrogen) atoms. The Labute approximate surface area is 145 Å². The van der Waals surface area contributed by atoms with Crippen molar-refractivity contribution in [2.24, 2.45) is 5.16 Å². The molecule has 0 unspecified atom stereocenters. The van der Waals surface area contributed by atoms with Gasteiger partial charge >= 0.3 is 5.97 Å². The average Bonchev–Trinajstić information content (AvgIpc) is 2.90. The number of hydrogen-bond donors (Lipinski definition) is 2. The Kier molecular flexibility index (Phi) is 6.63. The van der Waals surface area contributed by atoms with Gasteiger partial charge in [0.1, 0.15) is 12.8 Å². The zero-order valence-corrected chi connectivity index (χ0v) is 14.5. The van der Waals surface area contributed by atoms with Crippen LogP contribution in [0, 0.1) is 0 Å². The molecule has 0 atom stereocenters. The molecule has 1 aromatic heterocycles. The minimum absolute atomic E-state index is 0.00932. The number of benzene rings is 1. The van der Waals surface area contributed by atoms with Crippen LogP contribution in [0.2, 0.25) is 5.02 Å². The summed E-state index contributed by atoms with van der Waals surface area (Å²) in [5, 5.41) is 15.0. The summed E-state index contributed by atoms with van der Waals surface area (Å²) in [5.74, 6) is -0.288. The van der Waals surface area contributed by atoms with E-state index in [1.165, 1.54) is 7.11 Å². The first kappa shape index (κ1) is 18.3. The van der Waals surface area contributed by atoms with Crippen LogP contribution < -0.4 is 0 Å². The van der Waals surface area contributed by atoms with Gasteiger partial charge in [-0.15, -0.1) is 0 Å². The summed E-state index contributed by atoms with van der Waals surface area (Å²) in [6, 6.07) is 5.51. The van der Waals surface area contributed by atoms with Gasteiger partial charge in [-0.05, 0) is 37.1 Å². The summed E-state index contributed by atoms with van der Waals surface area (Å²) in [7, 11) is 1.45. The van der Waals surface area contributed by atoms with Gasteiger partial charge in [0.15, 0.2) is 0 Å². The fourth-order valence-electron chi connectivity index (χ4n) is 2.62. The molecule has 2 N–H and O–H groups in total. The van der Waals surface area contributed by atoms with Crippen LogP contribution >= 0.6 is 11.6 Å². The topological polar surface area (TPSA) is 83.9 Å². The number of aromatic amines is 1. The van der Waals surface area contributed by atoms with Gasteiger partial charge in [0.05, 0.1) is 18.7 Å². The smallest absolute Gasteiger partial charge is 0.306 e.